The smallest absolute Gasteiger partial charge is 0.119 e. The van der Waals surface area contributed by atoms with E-state index in [2.05, 4.69) is 36.5 Å². The average Bonchev–Trinajstić information content (AvgIpc) is 2.49. The Morgan fingerprint density at radius 2 is 2.05 bits per heavy atom. The van der Waals surface area contributed by atoms with Crippen molar-refractivity contribution < 1.29 is 4.74 Å². The van der Waals surface area contributed by atoms with E-state index < -0.39 is 0 Å². The number of hydrogen-bond acceptors (Lipinski definition) is 2. The molecule has 21 heavy (non-hydrogen) atoms. The Kier molecular flexibility index (Phi) is 6.81. The summed E-state index contributed by atoms with van der Waals surface area (Å²) in [7, 11) is 1.74. The molecule has 0 heterocycles. The number of allylic oxidation sites excluding steroid dienone is 1. The Morgan fingerprint density at radius 1 is 1.19 bits per heavy atom. The van der Waals surface area contributed by atoms with E-state index >= 15 is 0 Å². The van der Waals surface area contributed by atoms with Crippen molar-refractivity contribution in [2.75, 3.05) is 13.7 Å². The van der Waals surface area contributed by atoms with Gasteiger partial charge in [0.05, 0.1) is 13.2 Å². The van der Waals surface area contributed by atoms with Crippen LogP contribution in [0.4, 0.5) is 0 Å². The highest BCUT2D eigenvalue weighted by molar-refractivity contribution is 5.35. The molecule has 0 aromatic heterocycles. The standard InChI is InChI=1S/C19H29NO/c1-3-14-20-19(16-10-7-5-4-6-8-11-16)17-12-9-13-18(15-17)21-2/h9-10,12-13,15,19-20H,3-8,11,14H2,1-2H3/b16-10+. The summed E-state index contributed by atoms with van der Waals surface area (Å²) in [6, 6.07) is 8.85. The van der Waals surface area contributed by atoms with E-state index in [1.54, 1.807) is 12.7 Å². The fourth-order valence-corrected chi connectivity index (χ4v) is 3.05. The van der Waals surface area contributed by atoms with Gasteiger partial charge in [-0.05, 0) is 56.3 Å². The molecule has 0 saturated heterocycles. The number of rotatable bonds is 6. The monoisotopic (exact) mass is 287 g/mol. The molecule has 0 fully saturated rings. The average molecular weight is 287 g/mol. The van der Waals surface area contributed by atoms with Crippen LogP contribution in [-0.4, -0.2) is 13.7 Å². The third kappa shape index (κ3) is 4.89. The number of nitrogens with one attached hydrogen (secondary N) is 1. The molecule has 1 atom stereocenters. The van der Waals surface area contributed by atoms with Crippen molar-refractivity contribution >= 4 is 0 Å². The largest absolute Gasteiger partial charge is 0.497 e. The highest BCUT2D eigenvalue weighted by Crippen LogP contribution is 2.30. The number of methoxy groups -OCH3 is 1. The second-order valence-electron chi connectivity index (χ2n) is 5.90. The lowest BCUT2D eigenvalue weighted by Gasteiger charge is -2.24. The van der Waals surface area contributed by atoms with Gasteiger partial charge in [0.15, 0.2) is 0 Å². The minimum atomic E-state index is 0.346. The molecule has 1 aromatic carbocycles. The number of hydrogen-bond donors (Lipinski definition) is 1. The van der Waals surface area contributed by atoms with Gasteiger partial charge in [0, 0.05) is 0 Å². The van der Waals surface area contributed by atoms with Crippen molar-refractivity contribution in [1.29, 1.82) is 0 Å². The molecule has 1 N–H and O–H groups in total. The van der Waals surface area contributed by atoms with Crippen LogP contribution >= 0.6 is 0 Å². The molecule has 2 rings (SSSR count). The van der Waals surface area contributed by atoms with Gasteiger partial charge < -0.3 is 10.1 Å². The zero-order valence-electron chi connectivity index (χ0n) is 13.5. The van der Waals surface area contributed by atoms with Gasteiger partial charge in [-0.15, -0.1) is 0 Å². The van der Waals surface area contributed by atoms with E-state index in [1.807, 2.05) is 6.07 Å². The van der Waals surface area contributed by atoms with Gasteiger partial charge in [-0.3, -0.25) is 0 Å². The normalized spacial score (nSPS) is 20.0. The highest BCUT2D eigenvalue weighted by Gasteiger charge is 2.17. The molecule has 1 unspecified atom stereocenters. The van der Waals surface area contributed by atoms with Crippen molar-refractivity contribution in [2.24, 2.45) is 0 Å². The van der Waals surface area contributed by atoms with E-state index in [9.17, 15) is 0 Å². The maximum Gasteiger partial charge on any atom is 0.119 e. The molecule has 2 heteroatoms. The van der Waals surface area contributed by atoms with Crippen LogP contribution in [0.2, 0.25) is 0 Å². The third-order valence-corrected chi connectivity index (χ3v) is 4.22. The van der Waals surface area contributed by atoms with Gasteiger partial charge in [-0.25, -0.2) is 0 Å². The first-order chi connectivity index (χ1) is 10.3. The van der Waals surface area contributed by atoms with Gasteiger partial charge in [0.1, 0.15) is 5.75 Å². The highest BCUT2D eigenvalue weighted by atomic mass is 16.5. The van der Waals surface area contributed by atoms with Crippen LogP contribution in [0.15, 0.2) is 35.9 Å². The molecule has 0 radical (unpaired) electrons. The number of ether oxygens (including phenoxy) is 1. The first-order valence-corrected chi connectivity index (χ1v) is 8.41. The lowest BCUT2D eigenvalue weighted by Crippen LogP contribution is -2.24. The summed E-state index contributed by atoms with van der Waals surface area (Å²) in [4.78, 5) is 0. The molecular weight excluding hydrogens is 258 g/mol. The van der Waals surface area contributed by atoms with Crippen LogP contribution in [0.1, 0.15) is 63.5 Å². The predicted octanol–water partition coefficient (Wildman–Crippen LogP) is 5.02. The Bertz CT molecular complexity index is 453. The molecule has 0 bridgehead atoms. The first kappa shape index (κ1) is 16.1. The van der Waals surface area contributed by atoms with Crippen LogP contribution < -0.4 is 10.1 Å². The fourth-order valence-electron chi connectivity index (χ4n) is 3.05. The third-order valence-electron chi connectivity index (χ3n) is 4.22. The maximum absolute atomic E-state index is 5.39. The van der Waals surface area contributed by atoms with E-state index in [4.69, 9.17) is 4.74 Å². The molecule has 0 spiro atoms. The molecule has 1 aromatic rings. The van der Waals surface area contributed by atoms with Gasteiger partial charge in [-0.1, -0.05) is 43.5 Å². The molecule has 116 valence electrons. The lowest BCUT2D eigenvalue weighted by atomic mass is 9.90. The molecule has 0 saturated carbocycles. The Morgan fingerprint density at radius 3 is 2.86 bits per heavy atom. The molecule has 1 aliphatic rings. The second kappa shape index (κ2) is 8.89. The number of benzene rings is 1. The summed E-state index contributed by atoms with van der Waals surface area (Å²) in [5.41, 5.74) is 2.89. The second-order valence-corrected chi connectivity index (χ2v) is 5.90. The van der Waals surface area contributed by atoms with Gasteiger partial charge in [0.25, 0.3) is 0 Å². The lowest BCUT2D eigenvalue weighted by molar-refractivity contribution is 0.413. The summed E-state index contributed by atoms with van der Waals surface area (Å²) in [6.07, 6.45) is 11.5. The summed E-state index contributed by atoms with van der Waals surface area (Å²) in [5.74, 6) is 0.947. The van der Waals surface area contributed by atoms with Gasteiger partial charge in [0.2, 0.25) is 0 Å². The van der Waals surface area contributed by atoms with E-state index in [-0.39, 0.29) is 0 Å². The summed E-state index contributed by atoms with van der Waals surface area (Å²) in [6.45, 7) is 3.28. The zero-order valence-corrected chi connectivity index (χ0v) is 13.5. The van der Waals surface area contributed by atoms with Crippen molar-refractivity contribution in [3.8, 4) is 5.75 Å². The summed E-state index contributed by atoms with van der Waals surface area (Å²) in [5, 5.41) is 3.73. The van der Waals surface area contributed by atoms with Crippen LogP contribution in [0, 0.1) is 0 Å². The van der Waals surface area contributed by atoms with Crippen LogP contribution in [0.3, 0.4) is 0 Å². The van der Waals surface area contributed by atoms with Crippen molar-refractivity contribution in [3.63, 3.8) is 0 Å². The van der Waals surface area contributed by atoms with E-state index in [0.29, 0.717) is 6.04 Å². The Labute approximate surface area is 129 Å². The van der Waals surface area contributed by atoms with Crippen molar-refractivity contribution in [1.82, 2.24) is 5.32 Å². The first-order valence-electron chi connectivity index (χ1n) is 8.41. The zero-order chi connectivity index (χ0) is 14.9. The van der Waals surface area contributed by atoms with Gasteiger partial charge in [-0.2, -0.15) is 0 Å². The van der Waals surface area contributed by atoms with Crippen molar-refractivity contribution in [3.05, 3.63) is 41.5 Å². The minimum Gasteiger partial charge on any atom is -0.497 e. The van der Waals surface area contributed by atoms with Crippen molar-refractivity contribution in [2.45, 2.75) is 57.9 Å². The van der Waals surface area contributed by atoms with Crippen LogP contribution in [0.25, 0.3) is 0 Å². The molecule has 2 nitrogen and oxygen atoms in total. The SMILES string of the molecule is CCCNC(/C1=C/CCCCCC1)c1cccc(OC)c1. The van der Waals surface area contributed by atoms with E-state index in [1.165, 1.54) is 44.1 Å². The predicted molar refractivity (Wildman–Crippen MR) is 89.8 cm³/mol. The van der Waals surface area contributed by atoms with Gasteiger partial charge >= 0.3 is 0 Å². The topological polar surface area (TPSA) is 21.3 Å². The quantitative estimate of drug-likeness (QED) is 0.742. The molecule has 0 amide bonds. The summed E-state index contributed by atoms with van der Waals surface area (Å²) >= 11 is 0. The molecular formula is C19H29NO. The fraction of sp³-hybridized carbons (Fsp3) is 0.579. The Hall–Kier alpha value is -1.28. The Balaban J connectivity index is 2.22. The minimum absolute atomic E-state index is 0.346. The molecule has 0 aliphatic heterocycles. The van der Waals surface area contributed by atoms with E-state index in [0.717, 1.165) is 18.7 Å². The van der Waals surface area contributed by atoms with Crippen LogP contribution in [0.5, 0.6) is 5.75 Å². The van der Waals surface area contributed by atoms with Crippen LogP contribution in [-0.2, 0) is 0 Å². The molecule has 1 aliphatic carbocycles. The summed E-state index contributed by atoms with van der Waals surface area (Å²) < 4.78 is 5.39. The maximum atomic E-state index is 5.39.